The molecule has 3 heteroatoms. The molecule has 0 aliphatic heterocycles. The van der Waals surface area contributed by atoms with Gasteiger partial charge in [-0.3, -0.25) is 0 Å². The Kier molecular flexibility index (Phi) is 4.56. The molecule has 3 nitrogen and oxygen atoms in total. The monoisotopic (exact) mass is 215 g/mol. The van der Waals surface area contributed by atoms with Crippen LogP contribution in [0.15, 0.2) is 0 Å². The first kappa shape index (κ1) is 12.9. The van der Waals surface area contributed by atoms with Gasteiger partial charge in [0.25, 0.3) is 0 Å². The minimum Gasteiger partial charge on any atom is -0.395 e. The molecule has 1 rings (SSSR count). The van der Waals surface area contributed by atoms with Gasteiger partial charge in [-0.15, -0.1) is 0 Å². The van der Waals surface area contributed by atoms with Crippen molar-refractivity contribution in [2.45, 2.75) is 52.1 Å². The highest BCUT2D eigenvalue weighted by Crippen LogP contribution is 2.38. The van der Waals surface area contributed by atoms with Crippen LogP contribution < -0.4 is 5.32 Å². The second-order valence-electron chi connectivity index (χ2n) is 5.84. The summed E-state index contributed by atoms with van der Waals surface area (Å²) in [5, 5.41) is 21.4. The number of nitrogens with one attached hydrogen (secondary N) is 1. The predicted octanol–water partition coefficient (Wildman–Crippen LogP) is 1.14. The molecule has 1 aliphatic carbocycles. The van der Waals surface area contributed by atoms with E-state index in [1.165, 1.54) is 6.42 Å². The molecule has 1 fully saturated rings. The molecule has 0 aromatic carbocycles. The fourth-order valence-corrected chi connectivity index (χ4v) is 2.97. The molecule has 0 unspecified atom stereocenters. The van der Waals surface area contributed by atoms with Crippen molar-refractivity contribution in [2.75, 3.05) is 13.2 Å². The first-order valence-electron chi connectivity index (χ1n) is 5.94. The van der Waals surface area contributed by atoms with Gasteiger partial charge in [0.05, 0.1) is 19.3 Å². The summed E-state index contributed by atoms with van der Waals surface area (Å²) in [6.07, 6.45) is 3.56. The summed E-state index contributed by atoms with van der Waals surface area (Å²) >= 11 is 0. The zero-order valence-corrected chi connectivity index (χ0v) is 10.2. The highest BCUT2D eigenvalue weighted by molar-refractivity contribution is 4.88. The molecule has 1 saturated carbocycles. The molecule has 2 atom stereocenters. The van der Waals surface area contributed by atoms with Gasteiger partial charge in [0, 0.05) is 6.04 Å². The molecule has 0 aromatic rings. The first-order chi connectivity index (χ1) is 6.96. The number of aliphatic hydroxyl groups is 2. The maximum Gasteiger partial charge on any atom is 0.0607 e. The van der Waals surface area contributed by atoms with Crippen LogP contribution in [0.25, 0.3) is 0 Å². The lowest BCUT2D eigenvalue weighted by molar-refractivity contribution is 0.111. The largest absolute Gasteiger partial charge is 0.395 e. The van der Waals surface area contributed by atoms with Gasteiger partial charge in [0.1, 0.15) is 0 Å². The van der Waals surface area contributed by atoms with E-state index in [9.17, 15) is 0 Å². The summed E-state index contributed by atoms with van der Waals surface area (Å²) in [5.41, 5.74) is 0.380. The minimum atomic E-state index is -0.156. The molecule has 0 spiro atoms. The van der Waals surface area contributed by atoms with E-state index in [0.717, 1.165) is 18.8 Å². The Labute approximate surface area is 92.9 Å². The van der Waals surface area contributed by atoms with Gasteiger partial charge in [-0.05, 0) is 30.6 Å². The lowest BCUT2D eigenvalue weighted by atomic mass is 9.70. The van der Waals surface area contributed by atoms with Gasteiger partial charge in [-0.1, -0.05) is 20.8 Å². The molecule has 0 amide bonds. The van der Waals surface area contributed by atoms with Crippen LogP contribution in [0.1, 0.15) is 40.0 Å². The topological polar surface area (TPSA) is 52.5 Å². The minimum absolute atomic E-state index is 0.0157. The van der Waals surface area contributed by atoms with Crippen LogP contribution in [0.3, 0.4) is 0 Å². The molecule has 15 heavy (non-hydrogen) atoms. The molecule has 0 bridgehead atoms. The second-order valence-corrected chi connectivity index (χ2v) is 5.84. The van der Waals surface area contributed by atoms with Crippen LogP contribution in [0.2, 0.25) is 0 Å². The molecule has 0 saturated heterocycles. The van der Waals surface area contributed by atoms with Crippen LogP contribution in [-0.2, 0) is 0 Å². The lowest BCUT2D eigenvalue weighted by Gasteiger charge is -2.40. The third kappa shape index (κ3) is 4.09. The van der Waals surface area contributed by atoms with Gasteiger partial charge in [0.15, 0.2) is 0 Å². The van der Waals surface area contributed by atoms with Crippen molar-refractivity contribution >= 4 is 0 Å². The van der Waals surface area contributed by atoms with Crippen LogP contribution in [0.5, 0.6) is 0 Å². The van der Waals surface area contributed by atoms with E-state index in [1.807, 2.05) is 0 Å². The Morgan fingerprint density at radius 2 is 1.87 bits per heavy atom. The highest BCUT2D eigenvalue weighted by atomic mass is 16.3. The van der Waals surface area contributed by atoms with E-state index in [2.05, 4.69) is 26.1 Å². The fourth-order valence-electron chi connectivity index (χ4n) is 2.97. The Balaban J connectivity index is 2.47. The van der Waals surface area contributed by atoms with E-state index < -0.39 is 0 Å². The normalized spacial score (nSPS) is 30.8. The number of aliphatic hydroxyl groups excluding tert-OH is 2. The van der Waals surface area contributed by atoms with Crippen LogP contribution in [0.4, 0.5) is 0 Å². The predicted molar refractivity (Wildman–Crippen MR) is 61.7 cm³/mol. The van der Waals surface area contributed by atoms with Gasteiger partial charge < -0.3 is 15.5 Å². The molecular weight excluding hydrogens is 190 g/mol. The zero-order chi connectivity index (χ0) is 11.5. The molecular formula is C12H25NO2. The maximum absolute atomic E-state index is 9.03. The molecule has 0 radical (unpaired) electrons. The summed E-state index contributed by atoms with van der Waals surface area (Å²) in [5.74, 6) is 0.726. The van der Waals surface area contributed by atoms with Crippen molar-refractivity contribution in [3.05, 3.63) is 0 Å². The van der Waals surface area contributed by atoms with Gasteiger partial charge in [-0.25, -0.2) is 0 Å². The molecule has 3 N–H and O–H groups in total. The van der Waals surface area contributed by atoms with Crippen molar-refractivity contribution in [1.29, 1.82) is 0 Å². The maximum atomic E-state index is 9.03. The zero-order valence-electron chi connectivity index (χ0n) is 10.2. The van der Waals surface area contributed by atoms with Crippen molar-refractivity contribution in [2.24, 2.45) is 11.3 Å². The first-order valence-corrected chi connectivity index (χ1v) is 5.94. The highest BCUT2D eigenvalue weighted by Gasteiger charge is 2.32. The lowest BCUT2D eigenvalue weighted by Crippen LogP contribution is -2.47. The number of hydrogen-bond acceptors (Lipinski definition) is 3. The van der Waals surface area contributed by atoms with Crippen molar-refractivity contribution < 1.29 is 10.2 Å². The third-order valence-corrected chi connectivity index (χ3v) is 3.30. The summed E-state index contributed by atoms with van der Waals surface area (Å²) in [6.45, 7) is 6.90. The average Bonchev–Trinajstić information content (AvgIpc) is 2.10. The van der Waals surface area contributed by atoms with E-state index >= 15 is 0 Å². The quantitative estimate of drug-likeness (QED) is 0.659. The Morgan fingerprint density at radius 3 is 2.33 bits per heavy atom. The van der Waals surface area contributed by atoms with Gasteiger partial charge in [-0.2, -0.15) is 0 Å². The van der Waals surface area contributed by atoms with E-state index in [0.29, 0.717) is 11.5 Å². The van der Waals surface area contributed by atoms with Crippen molar-refractivity contribution in [1.82, 2.24) is 5.32 Å². The molecule has 0 heterocycles. The summed E-state index contributed by atoms with van der Waals surface area (Å²) in [6, 6.07) is 0.282. The van der Waals surface area contributed by atoms with E-state index in [4.69, 9.17) is 10.2 Å². The Hall–Kier alpha value is -0.120. The van der Waals surface area contributed by atoms with Crippen LogP contribution in [-0.4, -0.2) is 35.5 Å². The van der Waals surface area contributed by atoms with E-state index in [-0.39, 0.29) is 19.3 Å². The van der Waals surface area contributed by atoms with Gasteiger partial charge in [0.2, 0.25) is 0 Å². The standard InChI is InChI=1S/C12H25NO2/c1-9-4-10(6-12(2,3)5-9)13-11(7-14)8-15/h9-11,13-15H,4-8H2,1-3H3/t9-,10+/m1/s1. The van der Waals surface area contributed by atoms with Crippen LogP contribution in [0, 0.1) is 11.3 Å². The Bertz CT molecular complexity index is 190. The number of hydrogen-bond donors (Lipinski definition) is 3. The molecule has 0 aromatic heterocycles. The SMILES string of the molecule is C[C@@H]1C[C@H](NC(CO)CO)CC(C)(C)C1. The molecule has 90 valence electrons. The van der Waals surface area contributed by atoms with Gasteiger partial charge >= 0.3 is 0 Å². The van der Waals surface area contributed by atoms with Crippen molar-refractivity contribution in [3.8, 4) is 0 Å². The average molecular weight is 215 g/mol. The summed E-state index contributed by atoms with van der Waals surface area (Å²) in [7, 11) is 0. The fraction of sp³-hybridized carbons (Fsp3) is 1.00. The smallest absolute Gasteiger partial charge is 0.0607 e. The molecule has 1 aliphatic rings. The number of rotatable bonds is 4. The summed E-state index contributed by atoms with van der Waals surface area (Å²) < 4.78 is 0. The van der Waals surface area contributed by atoms with Crippen molar-refractivity contribution in [3.63, 3.8) is 0 Å². The second kappa shape index (κ2) is 5.28. The summed E-state index contributed by atoms with van der Waals surface area (Å²) in [4.78, 5) is 0. The van der Waals surface area contributed by atoms with Crippen LogP contribution >= 0.6 is 0 Å². The third-order valence-electron chi connectivity index (χ3n) is 3.30. The Morgan fingerprint density at radius 1 is 1.27 bits per heavy atom. The van der Waals surface area contributed by atoms with E-state index in [1.54, 1.807) is 0 Å².